The first-order valence-electron chi connectivity index (χ1n) is 7.00. The smallest absolute Gasteiger partial charge is 0.331 e. The van der Waals surface area contributed by atoms with Crippen LogP contribution in [0.3, 0.4) is 0 Å². The lowest BCUT2D eigenvalue weighted by Crippen LogP contribution is -2.17. The Hall–Kier alpha value is -3.15. The Balaban J connectivity index is 1.73. The fourth-order valence-corrected chi connectivity index (χ4v) is 2.11. The quantitative estimate of drug-likeness (QED) is 0.546. The van der Waals surface area contributed by atoms with E-state index in [0.717, 1.165) is 5.56 Å². The van der Waals surface area contributed by atoms with E-state index in [1.165, 1.54) is 28.9 Å². The molecule has 0 saturated heterocycles. The molecule has 0 saturated carbocycles. The highest BCUT2D eigenvalue weighted by Gasteiger charge is 2.06. The Kier molecular flexibility index (Phi) is 4.05. The number of nitrogens with zero attached hydrogens (tertiary/aromatic N) is 2. The summed E-state index contributed by atoms with van der Waals surface area (Å²) in [6.45, 7) is 1.80. The van der Waals surface area contributed by atoms with Crippen molar-refractivity contribution in [1.29, 1.82) is 0 Å². The van der Waals surface area contributed by atoms with Gasteiger partial charge in [0, 0.05) is 18.3 Å². The molecule has 0 aliphatic heterocycles. The van der Waals surface area contributed by atoms with Gasteiger partial charge in [-0.05, 0) is 36.8 Å². The monoisotopic (exact) mass is 310 g/mol. The van der Waals surface area contributed by atoms with Gasteiger partial charge in [-0.25, -0.2) is 9.78 Å². The minimum absolute atomic E-state index is 0.0681. The van der Waals surface area contributed by atoms with Gasteiger partial charge in [0.05, 0.1) is 12.0 Å². The second kappa shape index (κ2) is 6.31. The Morgan fingerprint density at radius 2 is 2.26 bits per heavy atom. The van der Waals surface area contributed by atoms with Crippen LogP contribution in [0.2, 0.25) is 0 Å². The molecule has 0 aliphatic carbocycles. The summed E-state index contributed by atoms with van der Waals surface area (Å²) in [7, 11) is 0. The molecule has 0 bridgehead atoms. The van der Waals surface area contributed by atoms with E-state index >= 15 is 0 Å². The minimum atomic E-state index is -0.534. The van der Waals surface area contributed by atoms with E-state index < -0.39 is 5.97 Å². The van der Waals surface area contributed by atoms with Crippen molar-refractivity contribution in [2.45, 2.75) is 13.5 Å². The van der Waals surface area contributed by atoms with Crippen LogP contribution in [0.4, 0.5) is 0 Å². The van der Waals surface area contributed by atoms with Crippen LogP contribution in [0.1, 0.15) is 17.0 Å². The normalized spacial score (nSPS) is 11.2. The van der Waals surface area contributed by atoms with Crippen molar-refractivity contribution in [2.24, 2.45) is 0 Å². The maximum Gasteiger partial charge on any atom is 0.331 e. The average Bonchev–Trinajstić information content (AvgIpc) is 3.05. The zero-order chi connectivity index (χ0) is 16.2. The number of aromatic nitrogens is 2. The van der Waals surface area contributed by atoms with Crippen LogP contribution < -0.4 is 5.56 Å². The van der Waals surface area contributed by atoms with Gasteiger partial charge in [-0.3, -0.25) is 9.20 Å². The van der Waals surface area contributed by atoms with E-state index in [1.54, 1.807) is 24.4 Å². The molecule has 3 rings (SSSR count). The number of pyridine rings is 1. The third-order valence-corrected chi connectivity index (χ3v) is 3.23. The fraction of sp³-hybridized carbons (Fsp3) is 0.118. The molecule has 0 radical (unpaired) electrons. The largest absolute Gasteiger partial charge is 0.465 e. The third-order valence-electron chi connectivity index (χ3n) is 3.23. The molecule has 6 nitrogen and oxygen atoms in total. The van der Waals surface area contributed by atoms with Gasteiger partial charge in [0.2, 0.25) is 0 Å². The first kappa shape index (κ1) is 14.8. The van der Waals surface area contributed by atoms with Gasteiger partial charge in [-0.2, -0.15) is 0 Å². The number of hydrogen-bond donors (Lipinski definition) is 0. The van der Waals surface area contributed by atoms with Crippen LogP contribution in [0.5, 0.6) is 0 Å². The Morgan fingerprint density at radius 3 is 3.04 bits per heavy atom. The van der Waals surface area contributed by atoms with E-state index in [0.29, 0.717) is 17.1 Å². The van der Waals surface area contributed by atoms with Crippen LogP contribution in [0.25, 0.3) is 11.7 Å². The minimum Gasteiger partial charge on any atom is -0.465 e. The van der Waals surface area contributed by atoms with Gasteiger partial charge in [-0.15, -0.1) is 0 Å². The highest BCUT2D eigenvalue weighted by atomic mass is 16.5. The van der Waals surface area contributed by atoms with Gasteiger partial charge in [0.1, 0.15) is 18.0 Å². The molecule has 0 unspecified atom stereocenters. The maximum absolute atomic E-state index is 12.0. The van der Waals surface area contributed by atoms with Crippen LogP contribution in [-0.4, -0.2) is 15.4 Å². The standard InChI is InChI=1S/C17H14N2O4/c1-12-4-2-8-19-15(20)10-13(18-17(12)19)11-23-16(21)7-6-14-5-3-9-22-14/h2-10H,11H2,1H3/b7-6+. The van der Waals surface area contributed by atoms with Gasteiger partial charge < -0.3 is 9.15 Å². The fourth-order valence-electron chi connectivity index (χ4n) is 2.11. The summed E-state index contributed by atoms with van der Waals surface area (Å²) in [6.07, 6.45) is 5.94. The average molecular weight is 310 g/mol. The molecule has 0 aromatic carbocycles. The van der Waals surface area contributed by atoms with Crippen molar-refractivity contribution in [3.8, 4) is 0 Å². The molecule has 0 aliphatic rings. The lowest BCUT2D eigenvalue weighted by atomic mass is 10.3. The number of fused-ring (bicyclic) bond motifs is 1. The van der Waals surface area contributed by atoms with Crippen molar-refractivity contribution < 1.29 is 13.9 Å². The number of aryl methyl sites for hydroxylation is 1. The molecule has 23 heavy (non-hydrogen) atoms. The summed E-state index contributed by atoms with van der Waals surface area (Å²) in [5, 5.41) is 0. The van der Waals surface area contributed by atoms with E-state index in [4.69, 9.17) is 9.15 Å². The van der Waals surface area contributed by atoms with Crippen molar-refractivity contribution in [1.82, 2.24) is 9.38 Å². The van der Waals surface area contributed by atoms with Crippen LogP contribution in [0, 0.1) is 6.92 Å². The summed E-state index contributed by atoms with van der Waals surface area (Å²) < 4.78 is 11.6. The Bertz CT molecular complexity index is 923. The number of carbonyl (C=O) groups is 1. The van der Waals surface area contributed by atoms with E-state index in [9.17, 15) is 9.59 Å². The van der Waals surface area contributed by atoms with Gasteiger partial charge >= 0.3 is 5.97 Å². The number of esters is 1. The first-order chi connectivity index (χ1) is 11.1. The second-order valence-electron chi connectivity index (χ2n) is 4.93. The van der Waals surface area contributed by atoms with Crippen molar-refractivity contribution >= 4 is 17.7 Å². The highest BCUT2D eigenvalue weighted by molar-refractivity contribution is 5.86. The predicted octanol–water partition coefficient (Wildman–Crippen LogP) is 2.35. The van der Waals surface area contributed by atoms with Gasteiger partial charge in [-0.1, -0.05) is 6.07 Å². The Morgan fingerprint density at radius 1 is 1.39 bits per heavy atom. The zero-order valence-corrected chi connectivity index (χ0v) is 12.4. The summed E-state index contributed by atoms with van der Waals surface area (Å²) in [4.78, 5) is 28.1. The summed E-state index contributed by atoms with van der Waals surface area (Å²) >= 11 is 0. The van der Waals surface area contributed by atoms with Crippen LogP contribution in [0.15, 0.2) is 58.1 Å². The third kappa shape index (κ3) is 3.37. The molecule has 116 valence electrons. The summed E-state index contributed by atoms with van der Waals surface area (Å²) in [5.41, 5.74) is 1.62. The number of ether oxygens (including phenoxy) is 1. The van der Waals surface area contributed by atoms with E-state index in [-0.39, 0.29) is 12.2 Å². The molecule has 0 amide bonds. The molecular weight excluding hydrogens is 296 g/mol. The molecule has 3 aromatic heterocycles. The summed E-state index contributed by atoms with van der Waals surface area (Å²) in [6, 6.07) is 8.45. The van der Waals surface area contributed by atoms with Crippen molar-refractivity contribution in [3.63, 3.8) is 0 Å². The lowest BCUT2D eigenvalue weighted by Gasteiger charge is -2.06. The molecular formula is C17H14N2O4. The van der Waals surface area contributed by atoms with Crippen LogP contribution >= 0.6 is 0 Å². The number of furan rings is 1. The number of rotatable bonds is 4. The lowest BCUT2D eigenvalue weighted by molar-refractivity contribution is -0.139. The Labute approximate surface area is 131 Å². The molecule has 3 heterocycles. The number of hydrogen-bond acceptors (Lipinski definition) is 5. The molecule has 0 atom stereocenters. The number of carbonyl (C=O) groups excluding carboxylic acids is 1. The predicted molar refractivity (Wildman–Crippen MR) is 83.7 cm³/mol. The van der Waals surface area contributed by atoms with Gasteiger partial charge in [0.15, 0.2) is 0 Å². The zero-order valence-electron chi connectivity index (χ0n) is 12.4. The summed E-state index contributed by atoms with van der Waals surface area (Å²) in [5.74, 6) is 0.0211. The van der Waals surface area contributed by atoms with Crippen molar-refractivity contribution in [2.75, 3.05) is 0 Å². The molecule has 6 heteroatoms. The molecule has 0 fully saturated rings. The second-order valence-corrected chi connectivity index (χ2v) is 4.93. The topological polar surface area (TPSA) is 73.8 Å². The molecule has 0 N–H and O–H groups in total. The SMILES string of the molecule is Cc1cccn2c(=O)cc(COC(=O)/C=C/c3ccco3)nc12. The van der Waals surface area contributed by atoms with Crippen LogP contribution in [-0.2, 0) is 16.1 Å². The van der Waals surface area contributed by atoms with Crippen molar-refractivity contribution in [3.05, 3.63) is 76.2 Å². The highest BCUT2D eigenvalue weighted by Crippen LogP contribution is 2.07. The van der Waals surface area contributed by atoms with E-state index in [1.807, 2.05) is 13.0 Å². The first-order valence-corrected chi connectivity index (χ1v) is 7.00. The van der Waals surface area contributed by atoms with E-state index in [2.05, 4.69) is 4.98 Å². The molecule has 3 aromatic rings. The maximum atomic E-state index is 12.0. The molecule has 0 spiro atoms. The van der Waals surface area contributed by atoms with Gasteiger partial charge in [0.25, 0.3) is 5.56 Å².